The van der Waals surface area contributed by atoms with Crippen molar-refractivity contribution in [1.29, 1.82) is 0 Å². The summed E-state index contributed by atoms with van der Waals surface area (Å²) in [7, 11) is 3.25. The second kappa shape index (κ2) is 5.87. The van der Waals surface area contributed by atoms with Gasteiger partial charge in [0.2, 0.25) is 0 Å². The number of esters is 1. The first kappa shape index (κ1) is 13.0. The quantitative estimate of drug-likeness (QED) is 0.759. The Labute approximate surface area is 101 Å². The third kappa shape index (κ3) is 3.22. The van der Waals surface area contributed by atoms with E-state index in [1.165, 1.54) is 7.11 Å². The van der Waals surface area contributed by atoms with Gasteiger partial charge in [0.15, 0.2) is 0 Å². The van der Waals surface area contributed by atoms with Gasteiger partial charge in [-0.25, -0.2) is 0 Å². The molecule has 1 aromatic rings. The number of likely N-dealkylation sites (N-methyl/N-ethyl adjacent to an activating group) is 1. The number of benzene rings is 1. The van der Waals surface area contributed by atoms with Gasteiger partial charge < -0.3 is 4.74 Å². The predicted molar refractivity (Wildman–Crippen MR) is 64.5 cm³/mol. The van der Waals surface area contributed by atoms with Crippen LogP contribution in [0.4, 0.5) is 0 Å². The molecule has 16 heavy (non-hydrogen) atoms. The van der Waals surface area contributed by atoms with Crippen LogP contribution in [-0.4, -0.2) is 31.6 Å². The monoisotopic (exact) mass is 241 g/mol. The Morgan fingerprint density at radius 2 is 2.12 bits per heavy atom. The lowest BCUT2D eigenvalue weighted by Gasteiger charge is -2.24. The fourth-order valence-corrected chi connectivity index (χ4v) is 1.75. The largest absolute Gasteiger partial charge is 0.468 e. The van der Waals surface area contributed by atoms with Gasteiger partial charge in [-0.2, -0.15) is 0 Å². The summed E-state index contributed by atoms with van der Waals surface area (Å²) in [6, 6.07) is 7.70. The molecule has 0 spiro atoms. The highest BCUT2D eigenvalue weighted by atomic mass is 35.5. The highest BCUT2D eigenvalue weighted by molar-refractivity contribution is 6.31. The first-order valence-electron chi connectivity index (χ1n) is 5.07. The first-order valence-corrected chi connectivity index (χ1v) is 5.45. The highest BCUT2D eigenvalue weighted by Gasteiger charge is 2.16. The molecule has 0 bridgehead atoms. The van der Waals surface area contributed by atoms with Gasteiger partial charge in [0.25, 0.3) is 0 Å². The average molecular weight is 242 g/mol. The van der Waals surface area contributed by atoms with Gasteiger partial charge in [-0.05, 0) is 25.6 Å². The van der Waals surface area contributed by atoms with Crippen LogP contribution in [0.2, 0.25) is 5.02 Å². The molecule has 0 saturated carbocycles. The Bertz CT molecular complexity index is 368. The van der Waals surface area contributed by atoms with Crippen molar-refractivity contribution < 1.29 is 9.53 Å². The molecule has 1 atom stereocenters. The summed E-state index contributed by atoms with van der Waals surface area (Å²) in [5.74, 6) is -0.249. The van der Waals surface area contributed by atoms with E-state index in [9.17, 15) is 4.79 Å². The van der Waals surface area contributed by atoms with Crippen LogP contribution >= 0.6 is 11.6 Å². The molecule has 0 aliphatic heterocycles. The van der Waals surface area contributed by atoms with Crippen LogP contribution in [0.1, 0.15) is 18.5 Å². The van der Waals surface area contributed by atoms with E-state index in [4.69, 9.17) is 11.6 Å². The number of methoxy groups -OCH3 is 1. The maximum atomic E-state index is 11.1. The van der Waals surface area contributed by atoms with Crippen LogP contribution in [-0.2, 0) is 9.53 Å². The minimum atomic E-state index is -0.249. The molecule has 0 fully saturated rings. The van der Waals surface area contributed by atoms with Gasteiger partial charge >= 0.3 is 5.97 Å². The maximum Gasteiger partial charge on any atom is 0.319 e. The lowest BCUT2D eigenvalue weighted by molar-refractivity contribution is -0.142. The number of hydrogen-bond acceptors (Lipinski definition) is 3. The van der Waals surface area contributed by atoms with Crippen LogP contribution in [0.15, 0.2) is 24.3 Å². The fraction of sp³-hybridized carbons (Fsp3) is 0.417. The van der Waals surface area contributed by atoms with E-state index in [0.29, 0.717) is 5.02 Å². The lowest BCUT2D eigenvalue weighted by Crippen LogP contribution is -2.29. The molecule has 1 aromatic carbocycles. The van der Waals surface area contributed by atoms with Crippen LogP contribution in [0.25, 0.3) is 0 Å². The molecular formula is C12H16ClNO2. The van der Waals surface area contributed by atoms with Gasteiger partial charge in [-0.3, -0.25) is 9.69 Å². The van der Waals surface area contributed by atoms with Crippen molar-refractivity contribution in [3.8, 4) is 0 Å². The average Bonchev–Trinajstić information content (AvgIpc) is 2.28. The zero-order valence-corrected chi connectivity index (χ0v) is 10.5. The van der Waals surface area contributed by atoms with Crippen molar-refractivity contribution in [2.45, 2.75) is 13.0 Å². The van der Waals surface area contributed by atoms with Crippen LogP contribution in [0.3, 0.4) is 0 Å². The van der Waals surface area contributed by atoms with E-state index in [1.807, 2.05) is 43.1 Å². The van der Waals surface area contributed by atoms with Crippen LogP contribution in [0, 0.1) is 0 Å². The Hall–Kier alpha value is -1.06. The summed E-state index contributed by atoms with van der Waals surface area (Å²) in [5.41, 5.74) is 1.01. The molecule has 3 nitrogen and oxygen atoms in total. The number of halogens is 1. The minimum absolute atomic E-state index is 0.0767. The molecule has 0 aliphatic rings. The van der Waals surface area contributed by atoms with Crippen molar-refractivity contribution in [2.75, 3.05) is 20.7 Å². The molecule has 1 rings (SSSR count). The van der Waals surface area contributed by atoms with E-state index >= 15 is 0 Å². The summed E-state index contributed by atoms with van der Waals surface area (Å²) in [6.07, 6.45) is 0. The zero-order chi connectivity index (χ0) is 12.1. The molecule has 0 radical (unpaired) electrons. The molecular weight excluding hydrogens is 226 g/mol. The minimum Gasteiger partial charge on any atom is -0.468 e. The van der Waals surface area contributed by atoms with E-state index in [0.717, 1.165) is 5.56 Å². The standard InChI is InChI=1S/C12H16ClNO2/c1-9(14(2)8-12(15)16-3)10-6-4-5-7-11(10)13/h4-7,9H,8H2,1-3H3. The van der Waals surface area contributed by atoms with Crippen molar-refractivity contribution in [1.82, 2.24) is 4.90 Å². The maximum absolute atomic E-state index is 11.1. The number of hydrogen-bond donors (Lipinski definition) is 0. The highest BCUT2D eigenvalue weighted by Crippen LogP contribution is 2.25. The fourth-order valence-electron chi connectivity index (χ4n) is 1.46. The normalized spacial score (nSPS) is 12.6. The SMILES string of the molecule is COC(=O)CN(C)C(C)c1ccccc1Cl. The second-order valence-electron chi connectivity index (χ2n) is 3.69. The van der Waals surface area contributed by atoms with Gasteiger partial charge in [0.05, 0.1) is 13.7 Å². The van der Waals surface area contributed by atoms with Gasteiger partial charge in [0, 0.05) is 11.1 Å². The van der Waals surface area contributed by atoms with Crippen molar-refractivity contribution in [2.24, 2.45) is 0 Å². The van der Waals surface area contributed by atoms with Crippen molar-refractivity contribution in [3.05, 3.63) is 34.9 Å². The number of rotatable bonds is 4. The lowest BCUT2D eigenvalue weighted by atomic mass is 10.1. The third-order valence-electron chi connectivity index (χ3n) is 2.62. The summed E-state index contributed by atoms with van der Waals surface area (Å²) in [6.45, 7) is 2.26. The topological polar surface area (TPSA) is 29.5 Å². The van der Waals surface area contributed by atoms with E-state index in [-0.39, 0.29) is 18.6 Å². The second-order valence-corrected chi connectivity index (χ2v) is 4.10. The van der Waals surface area contributed by atoms with E-state index < -0.39 is 0 Å². The van der Waals surface area contributed by atoms with Crippen molar-refractivity contribution >= 4 is 17.6 Å². The van der Waals surface area contributed by atoms with Gasteiger partial charge in [-0.1, -0.05) is 29.8 Å². The predicted octanol–water partition coefficient (Wildman–Crippen LogP) is 2.51. The van der Waals surface area contributed by atoms with Crippen LogP contribution < -0.4 is 0 Å². The molecule has 0 aliphatic carbocycles. The van der Waals surface area contributed by atoms with Gasteiger partial charge in [-0.15, -0.1) is 0 Å². The third-order valence-corrected chi connectivity index (χ3v) is 2.97. The molecule has 1 unspecified atom stereocenters. The smallest absolute Gasteiger partial charge is 0.319 e. The van der Waals surface area contributed by atoms with Crippen molar-refractivity contribution in [3.63, 3.8) is 0 Å². The summed E-state index contributed by atoms with van der Waals surface area (Å²) in [4.78, 5) is 13.0. The van der Waals surface area contributed by atoms with E-state index in [2.05, 4.69) is 4.74 Å². The molecule has 0 heterocycles. The first-order chi connectivity index (χ1) is 7.56. The Morgan fingerprint density at radius 3 is 2.69 bits per heavy atom. The summed E-state index contributed by atoms with van der Waals surface area (Å²) in [5, 5.41) is 0.715. The zero-order valence-electron chi connectivity index (χ0n) is 9.74. The molecule has 0 N–H and O–H groups in total. The Morgan fingerprint density at radius 1 is 1.50 bits per heavy atom. The Balaban J connectivity index is 2.74. The van der Waals surface area contributed by atoms with E-state index in [1.54, 1.807) is 0 Å². The number of carbonyl (C=O) groups is 1. The molecule has 88 valence electrons. The number of nitrogens with zero attached hydrogens (tertiary/aromatic N) is 1. The Kier molecular flexibility index (Phi) is 4.77. The summed E-state index contributed by atoms with van der Waals surface area (Å²) >= 11 is 6.09. The van der Waals surface area contributed by atoms with Gasteiger partial charge in [0.1, 0.15) is 0 Å². The van der Waals surface area contributed by atoms with Crippen LogP contribution in [0.5, 0.6) is 0 Å². The number of ether oxygens (including phenoxy) is 1. The molecule has 0 amide bonds. The summed E-state index contributed by atoms with van der Waals surface area (Å²) < 4.78 is 4.62. The molecule has 0 saturated heterocycles. The number of carbonyl (C=O) groups excluding carboxylic acids is 1. The molecule has 4 heteroatoms. The molecule has 0 aromatic heterocycles.